The van der Waals surface area contributed by atoms with Gasteiger partial charge in [0.2, 0.25) is 35.2 Å². The number of carbonyl (C=O) groups is 6. The molecule has 8 N–H and O–H groups in total. The minimum Gasteiger partial charge on any atom is -0.364 e. The molecule has 9 aromatic heterocycles. The number of hydrogen-bond acceptors (Lipinski definition) is 28. The number of imidazole rings is 3. The first-order valence-electron chi connectivity index (χ1n) is 33.4. The minimum atomic E-state index is -0.203. The number of Topliss-reactive ketones (excluding diaryl/α,β-unsaturated/α-hetero) is 3. The van der Waals surface area contributed by atoms with E-state index in [1.807, 2.05) is 85.8 Å². The van der Waals surface area contributed by atoms with E-state index in [2.05, 4.69) is 105 Å². The van der Waals surface area contributed by atoms with Gasteiger partial charge in [0.15, 0.2) is 51.9 Å². The van der Waals surface area contributed by atoms with Gasteiger partial charge in [-0.2, -0.15) is 15.8 Å². The Morgan fingerprint density at radius 2 is 0.819 bits per heavy atom. The molecule has 0 spiro atoms. The fourth-order valence-electron chi connectivity index (χ4n) is 10.4. The van der Waals surface area contributed by atoms with Crippen LogP contribution in [-0.4, -0.2) is 136 Å². The number of unbranched alkanes of at least 4 members (excludes halogenated alkanes) is 1. The van der Waals surface area contributed by atoms with Crippen molar-refractivity contribution in [2.75, 3.05) is 58.1 Å². The van der Waals surface area contributed by atoms with Crippen LogP contribution in [0, 0.1) is 45.8 Å². The van der Waals surface area contributed by atoms with Gasteiger partial charge in [0.05, 0.1) is 90.2 Å². The predicted octanol–water partition coefficient (Wildman–Crippen LogP) is 9.72. The second-order valence-electron chi connectivity index (χ2n) is 23.7. The van der Waals surface area contributed by atoms with Crippen molar-refractivity contribution in [3.8, 4) is 52.8 Å². The van der Waals surface area contributed by atoms with Gasteiger partial charge in [-0.15, -0.1) is 0 Å². The number of rotatable bonds is 31. The van der Waals surface area contributed by atoms with E-state index in [9.17, 15) is 28.8 Å². The summed E-state index contributed by atoms with van der Waals surface area (Å²) in [5.74, 6) is 2.00. The summed E-state index contributed by atoms with van der Waals surface area (Å²) in [5.41, 5.74) is 12.0. The van der Waals surface area contributed by atoms with Crippen molar-refractivity contribution < 1.29 is 42.7 Å². The molecule has 3 aromatic carbocycles. The first kappa shape index (κ1) is 73.9. The zero-order chi connectivity index (χ0) is 74.2. The third-order valence-electron chi connectivity index (χ3n) is 16.0. The van der Waals surface area contributed by atoms with Gasteiger partial charge in [0.1, 0.15) is 17.5 Å². The van der Waals surface area contributed by atoms with Crippen molar-refractivity contribution in [1.29, 1.82) is 15.8 Å². The Hall–Kier alpha value is -13.8. The lowest BCUT2D eigenvalue weighted by Crippen LogP contribution is -2.21. The first-order chi connectivity index (χ1) is 51.1. The molecule has 12 rings (SSSR count). The molecule has 0 aliphatic rings. The van der Waals surface area contributed by atoms with Gasteiger partial charge in [0, 0.05) is 73.2 Å². The summed E-state index contributed by atoms with van der Waals surface area (Å²) in [6, 6.07) is 38.1. The molecule has 0 aliphatic heterocycles. The topological polar surface area (TPSA) is 481 Å². The summed E-state index contributed by atoms with van der Waals surface area (Å²) in [6.45, 7) is 8.79. The molecule has 0 radical (unpaired) electrons. The van der Waals surface area contributed by atoms with Crippen molar-refractivity contribution in [2.45, 2.75) is 92.3 Å². The maximum atomic E-state index is 13.3. The van der Waals surface area contributed by atoms with Crippen LogP contribution in [0.1, 0.15) is 104 Å². The van der Waals surface area contributed by atoms with Gasteiger partial charge in [0.25, 0.3) is 0 Å². The summed E-state index contributed by atoms with van der Waals surface area (Å²) in [6.07, 6.45) is 8.00. The number of pyridine rings is 3. The quantitative estimate of drug-likeness (QED) is 0.0157. The number of nitrogens with one attached hydrogen (secondary N) is 6. The van der Waals surface area contributed by atoms with Crippen LogP contribution in [0.25, 0.3) is 67.7 Å². The molecule has 0 aliphatic carbocycles. The number of aromatic nitrogens is 15. The number of fused-ring (bicyclic) bond motifs is 3. The molecule has 34 heteroatoms. The van der Waals surface area contributed by atoms with Gasteiger partial charge in [-0.1, -0.05) is 70.5 Å². The summed E-state index contributed by atoms with van der Waals surface area (Å²) < 4.78 is 19.9. The van der Waals surface area contributed by atoms with Crippen LogP contribution in [-0.2, 0) is 34.0 Å². The van der Waals surface area contributed by atoms with Crippen LogP contribution in [0.5, 0.6) is 0 Å². The fourth-order valence-corrected chi connectivity index (χ4v) is 10.4. The molecule has 0 bridgehead atoms. The van der Waals surface area contributed by atoms with Crippen LogP contribution in [0.4, 0.5) is 34.9 Å². The molecule has 534 valence electrons. The van der Waals surface area contributed by atoms with E-state index >= 15 is 0 Å². The van der Waals surface area contributed by atoms with Crippen LogP contribution >= 0.6 is 0 Å². The average molecular weight is 1420 g/mol. The number of nitrogens with two attached hydrogens (primary N) is 1. The maximum absolute atomic E-state index is 13.3. The Morgan fingerprint density at radius 3 is 1.14 bits per heavy atom. The summed E-state index contributed by atoms with van der Waals surface area (Å²) in [7, 11) is 0. The number of para-hydroxylation sites is 6. The molecule has 9 heterocycles. The molecule has 0 fully saturated rings. The molecule has 34 nitrogen and oxygen atoms in total. The Labute approximate surface area is 598 Å². The highest BCUT2D eigenvalue weighted by Crippen LogP contribution is 2.32. The third kappa shape index (κ3) is 18.8. The molecule has 3 amide bonds. The minimum absolute atomic E-state index is 0.0251. The van der Waals surface area contributed by atoms with E-state index in [1.165, 1.54) is 18.6 Å². The van der Waals surface area contributed by atoms with Crippen molar-refractivity contribution in [3.63, 3.8) is 0 Å². The largest absolute Gasteiger partial charge is 0.364 e. The molecule has 105 heavy (non-hydrogen) atoms. The van der Waals surface area contributed by atoms with Gasteiger partial charge < -0.3 is 51.3 Å². The lowest BCUT2D eigenvalue weighted by Gasteiger charge is -2.12. The number of nitriles is 3. The molecular weight excluding hydrogens is 1350 g/mol. The van der Waals surface area contributed by atoms with Gasteiger partial charge in [-0.25, -0.2) is 43.8 Å². The van der Waals surface area contributed by atoms with E-state index in [-0.39, 0.29) is 85.8 Å². The number of amides is 3. The number of carbonyl (C=O) groups excluding carboxylic acids is 6. The monoisotopic (exact) mass is 1420 g/mol. The van der Waals surface area contributed by atoms with Crippen molar-refractivity contribution in [1.82, 2.24) is 74.5 Å². The molecule has 0 saturated carbocycles. The van der Waals surface area contributed by atoms with Crippen LogP contribution < -0.4 is 37.6 Å². The Bertz CT molecular complexity index is 5150. The molecule has 12 aromatic rings. The van der Waals surface area contributed by atoms with Gasteiger partial charge in [-0.05, 0) is 123 Å². The third-order valence-corrected chi connectivity index (χ3v) is 16.0. The maximum Gasteiger partial charge on any atom is 0.228 e. The van der Waals surface area contributed by atoms with E-state index < -0.39 is 0 Å². The summed E-state index contributed by atoms with van der Waals surface area (Å²) in [4.78, 5) is 102. The summed E-state index contributed by atoms with van der Waals surface area (Å²) >= 11 is 0. The SMILES string of the molecule is CC(C)C(=O)Nc1ccc(C(=O)Cn2c(-c3nonc3NCCC#N)nc3ccccc32)cn1.CCC(=O)Nc1ccc(C(=O)Cn2c(-c3nonc3NCCC#N)nc3ccccc32)cn1.C[C@@H](CCCCN)C(=O)Nc1ccc(C(=O)Cn2c(-c3nonc3NCCC#N)nc3ccccc32)cn1. The van der Waals surface area contributed by atoms with E-state index in [4.69, 9.17) is 35.4 Å². The second kappa shape index (κ2) is 36.0. The number of nitrogens with zero attached hydrogens (tertiary/aromatic N) is 18. The highest BCUT2D eigenvalue weighted by molar-refractivity contribution is 6.00. The highest BCUT2D eigenvalue weighted by atomic mass is 16.6. The van der Waals surface area contributed by atoms with Crippen LogP contribution in [0.2, 0.25) is 0 Å². The normalized spacial score (nSPS) is 11.1. The number of benzene rings is 3. The Kier molecular flexibility index (Phi) is 25.3. The lowest BCUT2D eigenvalue weighted by atomic mass is 10.0. The Morgan fingerprint density at radius 1 is 0.467 bits per heavy atom. The summed E-state index contributed by atoms with van der Waals surface area (Å²) in [5, 5.41) is 67.1. The average Bonchev–Trinajstić information content (AvgIpc) is 1.64. The van der Waals surface area contributed by atoms with E-state index in [0.717, 1.165) is 35.8 Å². The predicted molar refractivity (Wildman–Crippen MR) is 384 cm³/mol. The molecular formula is C71H71N25O9. The van der Waals surface area contributed by atoms with E-state index in [0.29, 0.717) is 135 Å². The zero-order valence-electron chi connectivity index (χ0n) is 57.5. The standard InChI is InChI=1S/C26H29N9O3.C23H22N8O3.C22H20N8O3/c1-17(7-4-5-12-27)26(37)32-22-11-10-18(15-30-22)21(36)16-35-20-9-3-2-8-19(20)31-25(35)23-24(34-38-33-23)29-14-6-13-28;1-14(2)23(33)28-19-9-8-15(12-26-19)18(32)13-31-17-7-4-3-6-16(17)27-22(31)20-21(30-34-29-20)25-11-5-10-24;1-2-19(32)27-18-9-8-14(12-25-18)17(31)13-30-16-7-4-3-6-15(16)26-22(30)20-21(29-33-28-20)24-11-5-10-23/h2-3,8-11,15,17H,4-7,12,14,16,27H2,1H3,(H,29,34)(H,30,32,37);3-4,6-9,12,14H,5,11,13H2,1-2H3,(H,25,30)(H,26,28,33);3-4,6-9,12H,2,5,11,13H2,1H3,(H,24,29)(H,25,27,32)/t17-;;/m0../s1. The van der Waals surface area contributed by atoms with Gasteiger partial charge >= 0.3 is 0 Å². The number of anilines is 6. The first-order valence-corrected chi connectivity index (χ1v) is 33.4. The Balaban J connectivity index is 0.000000169. The molecule has 0 unspecified atom stereocenters. The number of ketones is 3. The lowest BCUT2D eigenvalue weighted by molar-refractivity contribution is -0.120. The second-order valence-corrected chi connectivity index (χ2v) is 23.7. The van der Waals surface area contributed by atoms with E-state index in [1.54, 1.807) is 70.9 Å². The van der Waals surface area contributed by atoms with Crippen molar-refractivity contribution in [2.24, 2.45) is 17.6 Å². The fraction of sp³-hybridized carbons (Fsp3) is 0.282. The van der Waals surface area contributed by atoms with Crippen molar-refractivity contribution >= 4 is 103 Å². The molecule has 1 atom stereocenters. The van der Waals surface area contributed by atoms with Crippen LogP contribution in [0.3, 0.4) is 0 Å². The van der Waals surface area contributed by atoms with Crippen molar-refractivity contribution in [3.05, 3.63) is 144 Å². The van der Waals surface area contributed by atoms with Crippen LogP contribution in [0.15, 0.2) is 142 Å². The smallest absolute Gasteiger partial charge is 0.228 e. The number of hydrogen-bond donors (Lipinski definition) is 7. The van der Waals surface area contributed by atoms with Gasteiger partial charge in [-0.3, -0.25) is 28.8 Å². The highest BCUT2D eigenvalue weighted by Gasteiger charge is 2.27. The molecule has 0 saturated heterocycles. The zero-order valence-corrected chi connectivity index (χ0v) is 57.5.